The predicted octanol–water partition coefficient (Wildman–Crippen LogP) is 4.45. The molecule has 2 aromatic carbocycles. The maximum absolute atomic E-state index is 12.3. The van der Waals surface area contributed by atoms with Gasteiger partial charge in [0.05, 0.1) is 5.75 Å². The van der Waals surface area contributed by atoms with E-state index in [-0.39, 0.29) is 10.9 Å². The fraction of sp³-hybridized carbons (Fsp3) is 0.0667. The summed E-state index contributed by atoms with van der Waals surface area (Å²) in [5, 5.41) is 9.30. The molecular weight excluding hydrogens is 389 g/mol. The van der Waals surface area contributed by atoms with Gasteiger partial charge in [0.25, 0.3) is 0 Å². The van der Waals surface area contributed by atoms with Gasteiger partial charge in [-0.15, -0.1) is 10.2 Å². The van der Waals surface area contributed by atoms with Crippen molar-refractivity contribution in [1.82, 2.24) is 10.2 Å². The highest BCUT2D eigenvalue weighted by Gasteiger charge is 2.19. The third-order valence-corrected chi connectivity index (χ3v) is 5.98. The van der Waals surface area contributed by atoms with Crippen LogP contribution in [0.5, 0.6) is 0 Å². The molecule has 0 aliphatic rings. The van der Waals surface area contributed by atoms with Crippen LogP contribution in [-0.2, 0) is 15.8 Å². The number of nitrogens with one attached hydrogen (secondary N) is 1. The molecule has 0 bridgehead atoms. The second-order valence-electron chi connectivity index (χ2n) is 4.84. The zero-order chi connectivity index (χ0) is 17.2. The van der Waals surface area contributed by atoms with Crippen molar-refractivity contribution < 1.29 is 8.42 Å². The SMILES string of the molecule is O=S(=O)(Cc1c(Cl)cccc1Cl)Nc1nnc(-c2ccccc2)s1. The van der Waals surface area contributed by atoms with Crippen LogP contribution in [0, 0.1) is 0 Å². The summed E-state index contributed by atoms with van der Waals surface area (Å²) in [5.74, 6) is -0.342. The minimum Gasteiger partial charge on any atom is -0.257 e. The van der Waals surface area contributed by atoms with Gasteiger partial charge in [-0.25, -0.2) is 8.42 Å². The summed E-state index contributed by atoms with van der Waals surface area (Å²) in [6, 6.07) is 14.2. The van der Waals surface area contributed by atoms with E-state index in [2.05, 4.69) is 14.9 Å². The summed E-state index contributed by atoms with van der Waals surface area (Å²) >= 11 is 13.2. The molecule has 24 heavy (non-hydrogen) atoms. The lowest BCUT2D eigenvalue weighted by atomic mass is 10.2. The number of nitrogens with zero attached hydrogens (tertiary/aromatic N) is 2. The van der Waals surface area contributed by atoms with Crippen molar-refractivity contribution in [3.05, 3.63) is 64.1 Å². The van der Waals surface area contributed by atoms with Crippen LogP contribution < -0.4 is 4.72 Å². The molecule has 3 rings (SSSR count). The second-order valence-corrected chi connectivity index (χ2v) is 8.35. The van der Waals surface area contributed by atoms with Crippen molar-refractivity contribution >= 4 is 49.7 Å². The van der Waals surface area contributed by atoms with E-state index in [0.29, 0.717) is 20.6 Å². The molecule has 124 valence electrons. The lowest BCUT2D eigenvalue weighted by Crippen LogP contribution is -2.15. The first-order valence-corrected chi connectivity index (χ1v) is 9.99. The van der Waals surface area contributed by atoms with E-state index in [1.807, 2.05) is 30.3 Å². The van der Waals surface area contributed by atoms with Crippen LogP contribution in [0.3, 0.4) is 0 Å². The standard InChI is InChI=1S/C15H11Cl2N3O2S2/c16-12-7-4-8-13(17)11(12)9-24(21,22)20-15-19-18-14(23-15)10-5-2-1-3-6-10/h1-8H,9H2,(H,19,20). The Bertz CT molecular complexity index is 940. The first-order valence-electron chi connectivity index (χ1n) is 6.77. The molecule has 0 atom stereocenters. The zero-order valence-electron chi connectivity index (χ0n) is 12.1. The number of rotatable bonds is 5. The summed E-state index contributed by atoms with van der Waals surface area (Å²) in [7, 11) is -3.71. The number of hydrogen-bond donors (Lipinski definition) is 1. The van der Waals surface area contributed by atoms with Gasteiger partial charge >= 0.3 is 0 Å². The molecule has 3 aromatic rings. The van der Waals surface area contributed by atoms with Crippen molar-refractivity contribution in [1.29, 1.82) is 0 Å². The van der Waals surface area contributed by atoms with E-state index in [9.17, 15) is 8.42 Å². The quantitative estimate of drug-likeness (QED) is 0.687. The predicted molar refractivity (Wildman–Crippen MR) is 98.1 cm³/mol. The Labute approximate surface area is 153 Å². The highest BCUT2D eigenvalue weighted by molar-refractivity contribution is 7.92. The van der Waals surface area contributed by atoms with E-state index in [4.69, 9.17) is 23.2 Å². The third-order valence-electron chi connectivity index (χ3n) is 3.08. The molecule has 0 fully saturated rings. The second kappa shape index (κ2) is 7.06. The first-order chi connectivity index (χ1) is 11.4. The highest BCUT2D eigenvalue weighted by Crippen LogP contribution is 2.29. The van der Waals surface area contributed by atoms with Gasteiger partial charge in [-0.05, 0) is 12.1 Å². The van der Waals surface area contributed by atoms with Gasteiger partial charge in [-0.3, -0.25) is 4.72 Å². The van der Waals surface area contributed by atoms with E-state index in [1.165, 1.54) is 0 Å². The van der Waals surface area contributed by atoms with Gasteiger partial charge in [0.2, 0.25) is 15.2 Å². The molecule has 1 aromatic heterocycles. The van der Waals surface area contributed by atoms with Crippen molar-refractivity contribution in [2.24, 2.45) is 0 Å². The summed E-state index contributed by atoms with van der Waals surface area (Å²) in [6.45, 7) is 0. The lowest BCUT2D eigenvalue weighted by molar-refractivity contribution is 0.600. The molecule has 9 heteroatoms. The highest BCUT2D eigenvalue weighted by atomic mass is 35.5. The molecule has 0 radical (unpaired) electrons. The fourth-order valence-corrected chi connectivity index (χ4v) is 4.90. The smallest absolute Gasteiger partial charge is 0.238 e. The number of anilines is 1. The number of hydrogen-bond acceptors (Lipinski definition) is 5. The number of aromatic nitrogens is 2. The molecule has 0 spiro atoms. The molecule has 0 unspecified atom stereocenters. The van der Waals surface area contributed by atoms with Crippen LogP contribution in [0.4, 0.5) is 5.13 Å². The van der Waals surface area contributed by atoms with E-state index < -0.39 is 10.0 Å². The van der Waals surface area contributed by atoms with Crippen LogP contribution in [0.2, 0.25) is 10.0 Å². The fourth-order valence-electron chi connectivity index (χ4n) is 1.99. The first kappa shape index (κ1) is 17.2. The monoisotopic (exact) mass is 399 g/mol. The Balaban J connectivity index is 1.79. The zero-order valence-corrected chi connectivity index (χ0v) is 15.3. The van der Waals surface area contributed by atoms with Crippen molar-refractivity contribution in [3.63, 3.8) is 0 Å². The Kier molecular flexibility index (Phi) is 5.05. The summed E-state index contributed by atoms with van der Waals surface area (Å²) in [4.78, 5) is 0. The maximum atomic E-state index is 12.3. The largest absolute Gasteiger partial charge is 0.257 e. The molecular formula is C15H11Cl2N3O2S2. The summed E-state index contributed by atoms with van der Waals surface area (Å²) in [5.41, 5.74) is 1.22. The van der Waals surface area contributed by atoms with Crippen LogP contribution in [0.15, 0.2) is 48.5 Å². The Morgan fingerprint density at radius 3 is 2.29 bits per heavy atom. The molecule has 0 saturated carbocycles. The average molecular weight is 400 g/mol. The number of halogens is 2. The summed E-state index contributed by atoms with van der Waals surface area (Å²) in [6.07, 6.45) is 0. The summed E-state index contributed by atoms with van der Waals surface area (Å²) < 4.78 is 27.1. The van der Waals surface area contributed by atoms with Gasteiger partial charge < -0.3 is 0 Å². The van der Waals surface area contributed by atoms with E-state index in [1.54, 1.807) is 18.2 Å². The molecule has 1 heterocycles. The van der Waals surface area contributed by atoms with Crippen LogP contribution in [-0.4, -0.2) is 18.6 Å². The number of benzene rings is 2. The van der Waals surface area contributed by atoms with Crippen molar-refractivity contribution in [2.75, 3.05) is 4.72 Å². The third kappa shape index (κ3) is 4.05. The molecule has 5 nitrogen and oxygen atoms in total. The van der Waals surface area contributed by atoms with Gasteiger partial charge in [0.1, 0.15) is 5.01 Å². The van der Waals surface area contributed by atoms with Gasteiger partial charge in [0, 0.05) is 21.2 Å². The van der Waals surface area contributed by atoms with Gasteiger partial charge in [0.15, 0.2) is 0 Å². The lowest BCUT2D eigenvalue weighted by Gasteiger charge is -2.08. The van der Waals surface area contributed by atoms with Crippen LogP contribution in [0.25, 0.3) is 10.6 Å². The van der Waals surface area contributed by atoms with Crippen LogP contribution >= 0.6 is 34.5 Å². The average Bonchev–Trinajstić information content (AvgIpc) is 3.00. The maximum Gasteiger partial charge on any atom is 0.238 e. The Morgan fingerprint density at radius 2 is 1.62 bits per heavy atom. The van der Waals surface area contributed by atoms with Crippen LogP contribution in [0.1, 0.15) is 5.56 Å². The molecule has 0 aliphatic carbocycles. The van der Waals surface area contributed by atoms with E-state index in [0.717, 1.165) is 16.9 Å². The Hall–Kier alpha value is -1.67. The van der Waals surface area contributed by atoms with E-state index >= 15 is 0 Å². The van der Waals surface area contributed by atoms with Gasteiger partial charge in [-0.2, -0.15) is 0 Å². The minimum atomic E-state index is -3.71. The van der Waals surface area contributed by atoms with Gasteiger partial charge in [-0.1, -0.05) is 70.9 Å². The molecule has 1 N–H and O–H groups in total. The topological polar surface area (TPSA) is 72.0 Å². The molecule has 0 saturated heterocycles. The molecule has 0 amide bonds. The Morgan fingerprint density at radius 1 is 0.958 bits per heavy atom. The molecule has 0 aliphatic heterocycles. The normalized spacial score (nSPS) is 11.4. The van der Waals surface area contributed by atoms with Crippen molar-refractivity contribution in [2.45, 2.75) is 5.75 Å². The number of sulfonamides is 1. The van der Waals surface area contributed by atoms with Crippen molar-refractivity contribution in [3.8, 4) is 10.6 Å². The minimum absolute atomic E-state index is 0.192.